The van der Waals surface area contributed by atoms with E-state index < -0.39 is 60.8 Å². The molecule has 8 aromatic rings. The van der Waals surface area contributed by atoms with Gasteiger partial charge in [0.05, 0.1) is 40.8 Å². The minimum atomic E-state index is -1.41. The van der Waals surface area contributed by atoms with E-state index in [-0.39, 0.29) is 100 Å². The number of aliphatic carboxylic acids is 2. The molecule has 0 bridgehead atoms. The number of benzene rings is 6. The molecule has 4 atom stereocenters. The van der Waals surface area contributed by atoms with E-state index in [1.54, 1.807) is 48.5 Å². The maximum atomic E-state index is 14.1. The molecule has 0 radical (unpaired) electrons. The molecule has 0 spiro atoms. The number of aliphatic hydroxyl groups excluding tert-OH is 3. The van der Waals surface area contributed by atoms with Crippen molar-refractivity contribution in [3.8, 4) is 44.8 Å². The number of carboxylic acid groups (broad SMARTS) is 2. The molecule has 2 aromatic heterocycles. The Morgan fingerprint density at radius 1 is 0.488 bits per heavy atom. The third-order valence-corrected chi connectivity index (χ3v) is 14.0. The molecule has 15 nitrogen and oxygen atoms in total. The van der Waals surface area contributed by atoms with E-state index in [2.05, 4.69) is 15.5 Å². The fraction of sp³-hybridized carbons (Fsp3) is 0.273. The average Bonchev–Trinajstić information content (AvgIpc) is 2.13. The average molecular weight is 1170 g/mol. The molecule has 84 heavy (non-hydrogen) atoms. The van der Waals surface area contributed by atoms with Crippen LogP contribution >= 0.6 is 0 Å². The zero-order valence-corrected chi connectivity index (χ0v) is 49.5. The number of halogens is 2. The normalized spacial score (nSPS) is 12.6. The van der Waals surface area contributed by atoms with Crippen LogP contribution in [0.5, 0.6) is 0 Å². The summed E-state index contributed by atoms with van der Waals surface area (Å²) in [5.74, 6) is -4.46. The fourth-order valence-electron chi connectivity index (χ4n) is 10.5. The Morgan fingerprint density at radius 3 is 1.17 bits per heavy atom. The minimum absolute atomic E-state index is 0. The summed E-state index contributed by atoms with van der Waals surface area (Å²) in [5.41, 5.74) is 9.35. The Morgan fingerprint density at radius 2 is 0.833 bits per heavy atom. The van der Waals surface area contributed by atoms with Crippen molar-refractivity contribution in [1.29, 1.82) is 0 Å². The van der Waals surface area contributed by atoms with Crippen LogP contribution in [0.4, 0.5) is 20.2 Å². The summed E-state index contributed by atoms with van der Waals surface area (Å²) >= 11 is 0. The van der Waals surface area contributed by atoms with Gasteiger partial charge in [-0.25, -0.2) is 13.7 Å². The van der Waals surface area contributed by atoms with E-state index in [0.717, 1.165) is 22.5 Å². The topological polar surface area (TPSA) is 238 Å². The summed E-state index contributed by atoms with van der Waals surface area (Å²) in [6.45, 7) is 8.41. The summed E-state index contributed by atoms with van der Waals surface area (Å²) in [6, 6.07) is 49.3. The number of hydrogen-bond donors (Lipinski definition) is 6. The zero-order valence-electron chi connectivity index (χ0n) is 47.3. The largest absolute Gasteiger partial charge is 2.00 e. The summed E-state index contributed by atoms with van der Waals surface area (Å²) in [6.07, 6.45) is -5.49. The number of carbonyl (C=O) groups excluding carboxylic acids is 4. The van der Waals surface area contributed by atoms with Crippen LogP contribution in [0, 0.1) is 11.6 Å². The second kappa shape index (κ2) is 31.5. The summed E-state index contributed by atoms with van der Waals surface area (Å²) in [4.78, 5) is 54.2. The number of amides is 2. The molecule has 2 heterocycles. The van der Waals surface area contributed by atoms with Crippen molar-refractivity contribution in [2.45, 2.75) is 116 Å². The Balaban J connectivity index is 0.000000266. The molecule has 8 rings (SSSR count). The van der Waals surface area contributed by atoms with Gasteiger partial charge in [-0.05, 0) is 126 Å². The smallest absolute Gasteiger partial charge is 0.550 e. The van der Waals surface area contributed by atoms with Crippen LogP contribution < -0.4 is 20.8 Å². The van der Waals surface area contributed by atoms with Gasteiger partial charge in [0.2, 0.25) is 0 Å². The first-order chi connectivity index (χ1) is 39.8. The number of para-hydroxylation sites is 2. The standard InChI is InChI=1S/C33H35FN2O6.C33H35FN2O5.Ca/c1-21(2)31-30(33(40)35-25-11-7-4-8-12-25)29(22-9-5-3-6-10-22)32(23-13-15-24(34)16-14-23)36(31)18-17-26(37)19-27(42-41)20-28(38)39;1-21(2)31-30(33(41)35-25-11-7-4-8-12-25)29(22-9-5-3-6-10-22)32(23-13-15-24(34)16-14-23)36(31)18-17-26(37)19-27(38)20-28(39)40;/h3-16,21,26-27,37,41H,17-20H2,1-2H3,(H,35,40)(H,38,39);3-16,21,26-27,37-38H,17-20H2,1-2H3,(H,35,41)(H,39,40);/q;;+2/p-2/t2*26-,27-;/m11./s1. The molecule has 0 aliphatic heterocycles. The predicted octanol–water partition coefficient (Wildman–Crippen LogP) is 10.1. The van der Waals surface area contributed by atoms with Crippen molar-refractivity contribution in [2.75, 3.05) is 10.6 Å². The third-order valence-electron chi connectivity index (χ3n) is 14.0. The van der Waals surface area contributed by atoms with E-state index in [1.807, 2.05) is 134 Å². The van der Waals surface area contributed by atoms with Gasteiger partial charge in [-0.2, -0.15) is 0 Å². The van der Waals surface area contributed by atoms with E-state index >= 15 is 0 Å². The molecule has 0 saturated carbocycles. The van der Waals surface area contributed by atoms with Gasteiger partial charge in [-0.3, -0.25) is 14.8 Å². The van der Waals surface area contributed by atoms with Crippen LogP contribution in [-0.2, 0) is 27.6 Å². The first kappa shape index (κ1) is 65.8. The Bertz CT molecular complexity index is 3420. The molecule has 6 N–H and O–H groups in total. The maximum absolute atomic E-state index is 14.1. The number of carbonyl (C=O) groups is 4. The first-order valence-corrected chi connectivity index (χ1v) is 27.5. The second-order valence-corrected chi connectivity index (χ2v) is 20.9. The van der Waals surface area contributed by atoms with Crippen molar-refractivity contribution < 1.29 is 63.6 Å². The Hall–Kier alpha value is -7.32. The maximum Gasteiger partial charge on any atom is 2.00 e. The Labute approximate surface area is 517 Å². The number of carboxylic acids is 2. The van der Waals surface area contributed by atoms with Gasteiger partial charge in [0.1, 0.15) is 17.7 Å². The molecule has 18 heteroatoms. The van der Waals surface area contributed by atoms with Gasteiger partial charge in [-0.15, -0.1) is 0 Å². The third kappa shape index (κ3) is 17.4. The molecule has 0 aliphatic rings. The molecule has 0 fully saturated rings. The van der Waals surface area contributed by atoms with Crippen LogP contribution in [0.1, 0.15) is 110 Å². The Kier molecular flexibility index (Phi) is 24.7. The summed E-state index contributed by atoms with van der Waals surface area (Å²) < 4.78 is 32.0. The minimum Gasteiger partial charge on any atom is -0.550 e. The SMILES string of the molecule is CC(C)c1c(C(=O)Nc2ccccc2)c(-c2ccccc2)c(-c2ccc(F)cc2)n1CC[C@@H](O)C[C@@H](O)CC(=O)[O-].CC(C)c1c(C(=O)Nc2ccccc2)c(-c2ccccc2)c(-c2ccc(F)cc2)n1CC[C@@H](O)C[C@H](CC(=O)[O-])OO.[Ca+2]. The molecule has 6 aromatic carbocycles. The van der Waals surface area contributed by atoms with Gasteiger partial charge in [0.15, 0.2) is 0 Å². The molecule has 0 aliphatic carbocycles. The van der Waals surface area contributed by atoms with Crippen molar-refractivity contribution >= 4 is 72.9 Å². The molecular weight excluding hydrogens is 1100 g/mol. The molecule has 434 valence electrons. The van der Waals surface area contributed by atoms with Gasteiger partial charge in [0.25, 0.3) is 11.8 Å². The van der Waals surface area contributed by atoms with E-state index in [4.69, 9.17) is 5.26 Å². The van der Waals surface area contributed by atoms with Crippen LogP contribution in [0.15, 0.2) is 170 Å². The van der Waals surface area contributed by atoms with Crippen molar-refractivity contribution in [1.82, 2.24) is 9.13 Å². The number of nitrogens with zero attached hydrogens (tertiary/aromatic N) is 2. The number of hydrogen-bond acceptors (Lipinski definition) is 11. The zero-order chi connectivity index (χ0) is 59.7. The van der Waals surface area contributed by atoms with Crippen LogP contribution in [-0.4, -0.2) is 116 Å². The molecule has 0 unspecified atom stereocenters. The van der Waals surface area contributed by atoms with Gasteiger partial charge < -0.3 is 54.9 Å². The number of rotatable bonds is 25. The van der Waals surface area contributed by atoms with E-state index in [1.165, 1.54) is 24.3 Å². The fourth-order valence-corrected chi connectivity index (χ4v) is 10.5. The summed E-state index contributed by atoms with van der Waals surface area (Å²) in [7, 11) is 0. The van der Waals surface area contributed by atoms with Crippen LogP contribution in [0.25, 0.3) is 44.8 Å². The predicted molar refractivity (Wildman–Crippen MR) is 316 cm³/mol. The molecular formula is C66H68CaF2N4O11. The quantitative estimate of drug-likeness (QED) is 0.0179. The number of anilines is 2. The molecule has 0 saturated heterocycles. The van der Waals surface area contributed by atoms with Gasteiger partial charge in [0, 0.05) is 78.2 Å². The number of aliphatic hydroxyl groups is 3. The molecule has 2 amide bonds. The van der Waals surface area contributed by atoms with E-state index in [9.17, 15) is 53.5 Å². The van der Waals surface area contributed by atoms with E-state index in [0.29, 0.717) is 56.1 Å². The number of aromatic nitrogens is 2. The number of nitrogens with one attached hydrogen (secondary N) is 2. The summed E-state index contributed by atoms with van der Waals surface area (Å²) in [5, 5.41) is 68.5. The monoisotopic (exact) mass is 1170 g/mol. The van der Waals surface area contributed by atoms with Gasteiger partial charge in [-0.1, -0.05) is 125 Å². The van der Waals surface area contributed by atoms with Crippen LogP contribution in [0.3, 0.4) is 0 Å². The van der Waals surface area contributed by atoms with Gasteiger partial charge >= 0.3 is 37.7 Å². The van der Waals surface area contributed by atoms with Crippen LogP contribution in [0.2, 0.25) is 0 Å². The second-order valence-electron chi connectivity index (χ2n) is 20.9. The van der Waals surface area contributed by atoms with Crippen molar-refractivity contribution in [2.24, 2.45) is 0 Å². The van der Waals surface area contributed by atoms with Crippen molar-refractivity contribution in [3.63, 3.8) is 0 Å². The van der Waals surface area contributed by atoms with Crippen molar-refractivity contribution in [3.05, 3.63) is 204 Å². The first-order valence-electron chi connectivity index (χ1n) is 27.5.